The van der Waals surface area contributed by atoms with Crippen LogP contribution in [0.25, 0.3) is 0 Å². The lowest BCUT2D eigenvalue weighted by atomic mass is 10.0. The van der Waals surface area contributed by atoms with Crippen LogP contribution in [0.15, 0.2) is 0 Å². The Morgan fingerprint density at radius 1 is 1.05 bits per heavy atom. The van der Waals surface area contributed by atoms with Crippen LogP contribution in [0.3, 0.4) is 0 Å². The van der Waals surface area contributed by atoms with Crippen molar-refractivity contribution in [3.63, 3.8) is 0 Å². The number of fused-ring (bicyclic) bond motifs is 5. The highest BCUT2D eigenvalue weighted by molar-refractivity contribution is 5.17. The number of hydrogen-bond acceptors (Lipinski definition) is 2. The molecule has 4 aliphatic rings. The van der Waals surface area contributed by atoms with Crippen molar-refractivity contribution in [2.45, 2.75) is 31.5 Å². The Morgan fingerprint density at radius 3 is 2.37 bits per heavy atom. The average Bonchev–Trinajstić information content (AvgIpc) is 2.89. The lowest BCUT2D eigenvalue weighted by Gasteiger charge is -2.27. The molecule has 1 heterocycles. The van der Waals surface area contributed by atoms with Gasteiger partial charge in [-0.05, 0) is 42.9 Å². The topological polar surface area (TPSA) is 15.3 Å². The Balaban J connectivity index is 1.47. The molecule has 4 rings (SSSR count). The summed E-state index contributed by atoms with van der Waals surface area (Å²) in [5.41, 5.74) is 0. The van der Waals surface area contributed by atoms with Crippen LogP contribution in [0.5, 0.6) is 0 Å². The second kappa shape index (κ2) is 4.10. The summed E-state index contributed by atoms with van der Waals surface area (Å²) in [6.45, 7) is 1.81. The highest BCUT2D eigenvalue weighted by Gasteiger charge is 2.66. The summed E-state index contributed by atoms with van der Waals surface area (Å²) >= 11 is 0. The van der Waals surface area contributed by atoms with Crippen molar-refractivity contribution in [3.8, 4) is 0 Å². The fourth-order valence-electron chi connectivity index (χ4n) is 5.19. The minimum Gasteiger partial charge on any atom is -0.315 e. The van der Waals surface area contributed by atoms with E-state index >= 15 is 0 Å². The van der Waals surface area contributed by atoms with Gasteiger partial charge in [0.15, 0.2) is 0 Å². The fourth-order valence-corrected chi connectivity index (χ4v) is 5.19. The smallest absolute Gasteiger partial charge is 0.315 e. The molecule has 1 saturated heterocycles. The first kappa shape index (κ1) is 12.5. The number of halogens is 3. The summed E-state index contributed by atoms with van der Waals surface area (Å²) in [5.74, 6) is 1.96. The molecule has 19 heavy (non-hydrogen) atoms. The van der Waals surface area contributed by atoms with Gasteiger partial charge >= 0.3 is 6.18 Å². The summed E-state index contributed by atoms with van der Waals surface area (Å²) in [4.78, 5) is 2.16. The highest BCUT2D eigenvalue weighted by atomic mass is 19.4. The number of alkyl halides is 3. The van der Waals surface area contributed by atoms with Gasteiger partial charge in [0.05, 0.1) is 5.92 Å². The average molecular weight is 274 g/mol. The first-order valence-corrected chi connectivity index (χ1v) is 7.57. The summed E-state index contributed by atoms with van der Waals surface area (Å²) in [5, 5.41) is 2.96. The molecule has 2 bridgehead atoms. The molecule has 0 aromatic heterocycles. The van der Waals surface area contributed by atoms with Crippen LogP contribution in [0.2, 0.25) is 0 Å². The molecule has 0 radical (unpaired) electrons. The van der Waals surface area contributed by atoms with Crippen LogP contribution >= 0.6 is 0 Å². The minimum atomic E-state index is -4.06. The molecule has 0 amide bonds. The molecule has 5 atom stereocenters. The predicted octanol–water partition coefficient (Wildman–Crippen LogP) is 2.11. The lowest BCUT2D eigenvalue weighted by molar-refractivity contribution is -0.176. The lowest BCUT2D eigenvalue weighted by Crippen LogP contribution is -2.40. The van der Waals surface area contributed by atoms with Gasteiger partial charge < -0.3 is 5.32 Å². The van der Waals surface area contributed by atoms with E-state index < -0.39 is 12.1 Å². The third-order valence-electron chi connectivity index (χ3n) is 6.00. The van der Waals surface area contributed by atoms with Crippen molar-refractivity contribution in [1.82, 2.24) is 10.2 Å². The van der Waals surface area contributed by atoms with E-state index in [-0.39, 0.29) is 13.1 Å². The zero-order chi connectivity index (χ0) is 13.2. The second-order valence-corrected chi connectivity index (χ2v) is 6.92. The maximum atomic E-state index is 13.0. The van der Waals surface area contributed by atoms with E-state index in [4.69, 9.17) is 0 Å². The Labute approximate surface area is 111 Å². The van der Waals surface area contributed by atoms with E-state index in [2.05, 4.69) is 10.2 Å². The zero-order valence-electron chi connectivity index (χ0n) is 11.0. The molecule has 0 aromatic rings. The third-order valence-corrected chi connectivity index (χ3v) is 6.00. The van der Waals surface area contributed by atoms with Gasteiger partial charge in [0.25, 0.3) is 0 Å². The standard InChI is InChI=1S/C14H21F3N2/c15-14(16,17)10-6-18-3-4-19(7-10)13-11-8-1-2-9(5-8)12(11)13/h8-13,18H,1-7H2. The van der Waals surface area contributed by atoms with Crippen LogP contribution in [0.1, 0.15) is 19.3 Å². The Morgan fingerprint density at radius 2 is 1.74 bits per heavy atom. The Kier molecular flexibility index (Phi) is 2.69. The Hall–Kier alpha value is -0.290. The van der Waals surface area contributed by atoms with Crippen molar-refractivity contribution in [2.75, 3.05) is 26.2 Å². The van der Waals surface area contributed by atoms with Gasteiger partial charge in [0, 0.05) is 32.2 Å². The summed E-state index contributed by atoms with van der Waals surface area (Å²) in [7, 11) is 0. The van der Waals surface area contributed by atoms with E-state index in [1.54, 1.807) is 0 Å². The molecule has 108 valence electrons. The number of nitrogens with zero attached hydrogens (tertiary/aromatic N) is 1. The van der Waals surface area contributed by atoms with Crippen LogP contribution in [0.4, 0.5) is 13.2 Å². The monoisotopic (exact) mass is 274 g/mol. The van der Waals surface area contributed by atoms with E-state index in [1.807, 2.05) is 0 Å². The number of rotatable bonds is 1. The molecule has 3 aliphatic carbocycles. The zero-order valence-corrected chi connectivity index (χ0v) is 11.0. The first-order valence-electron chi connectivity index (χ1n) is 7.57. The quantitative estimate of drug-likeness (QED) is 0.788. The summed E-state index contributed by atoms with van der Waals surface area (Å²) in [6.07, 6.45) is -0.0343. The van der Waals surface area contributed by atoms with Crippen molar-refractivity contribution >= 4 is 0 Å². The second-order valence-electron chi connectivity index (χ2n) is 6.92. The van der Waals surface area contributed by atoms with Gasteiger partial charge in [0.1, 0.15) is 0 Å². The maximum absolute atomic E-state index is 13.0. The van der Waals surface area contributed by atoms with Crippen LogP contribution in [-0.2, 0) is 0 Å². The maximum Gasteiger partial charge on any atom is 0.394 e. The van der Waals surface area contributed by atoms with E-state index in [0.29, 0.717) is 12.6 Å². The molecule has 1 aliphatic heterocycles. The van der Waals surface area contributed by atoms with Crippen molar-refractivity contribution in [1.29, 1.82) is 0 Å². The molecular formula is C14H21F3N2. The molecule has 5 heteroatoms. The van der Waals surface area contributed by atoms with Crippen molar-refractivity contribution in [2.24, 2.45) is 29.6 Å². The SMILES string of the molecule is FC(F)(F)C1CNCCN(C2C3C4CCC(C4)C32)C1. The van der Waals surface area contributed by atoms with Gasteiger partial charge in [-0.2, -0.15) is 13.2 Å². The molecular weight excluding hydrogens is 253 g/mol. The van der Waals surface area contributed by atoms with Crippen LogP contribution in [-0.4, -0.2) is 43.3 Å². The fraction of sp³-hybridized carbons (Fsp3) is 1.00. The minimum absolute atomic E-state index is 0.0922. The van der Waals surface area contributed by atoms with Gasteiger partial charge in [-0.3, -0.25) is 4.90 Å². The van der Waals surface area contributed by atoms with Crippen molar-refractivity contribution < 1.29 is 13.2 Å². The van der Waals surface area contributed by atoms with Crippen molar-refractivity contribution in [3.05, 3.63) is 0 Å². The number of hydrogen-bond donors (Lipinski definition) is 1. The molecule has 0 spiro atoms. The van der Waals surface area contributed by atoms with E-state index in [1.165, 1.54) is 19.3 Å². The molecule has 5 unspecified atom stereocenters. The highest BCUT2D eigenvalue weighted by Crippen LogP contribution is 2.67. The van der Waals surface area contributed by atoms with Gasteiger partial charge in [-0.1, -0.05) is 0 Å². The summed E-state index contributed by atoms with van der Waals surface area (Å²) in [6, 6.07) is 0.482. The van der Waals surface area contributed by atoms with Gasteiger partial charge in [0.2, 0.25) is 0 Å². The van der Waals surface area contributed by atoms with E-state index in [0.717, 1.165) is 30.2 Å². The van der Waals surface area contributed by atoms with Gasteiger partial charge in [-0.25, -0.2) is 0 Å². The molecule has 4 fully saturated rings. The predicted molar refractivity (Wildman–Crippen MR) is 65.6 cm³/mol. The third kappa shape index (κ3) is 1.92. The van der Waals surface area contributed by atoms with Crippen LogP contribution in [0, 0.1) is 29.6 Å². The van der Waals surface area contributed by atoms with Crippen LogP contribution < -0.4 is 5.32 Å². The molecule has 0 aromatic carbocycles. The normalized spacial score (nSPS) is 50.1. The number of nitrogens with one attached hydrogen (secondary N) is 1. The van der Waals surface area contributed by atoms with E-state index in [9.17, 15) is 13.2 Å². The molecule has 2 nitrogen and oxygen atoms in total. The Bertz CT molecular complexity index is 354. The summed E-state index contributed by atoms with van der Waals surface area (Å²) < 4.78 is 38.9. The first-order chi connectivity index (χ1) is 9.05. The molecule has 1 N–H and O–H groups in total. The van der Waals surface area contributed by atoms with Gasteiger partial charge in [-0.15, -0.1) is 0 Å². The largest absolute Gasteiger partial charge is 0.394 e. The molecule has 3 saturated carbocycles.